The number of carbonyl (C=O) groups excluding carboxylic acids is 1. The van der Waals surface area contributed by atoms with Crippen LogP contribution in [0.3, 0.4) is 0 Å². The van der Waals surface area contributed by atoms with Gasteiger partial charge in [0.15, 0.2) is 0 Å². The molecule has 0 aromatic carbocycles. The van der Waals surface area contributed by atoms with Crippen molar-refractivity contribution in [3.05, 3.63) is 41.2 Å². The molecule has 1 rings (SSSR count). The van der Waals surface area contributed by atoms with Crippen molar-refractivity contribution >= 4 is 21.8 Å². The van der Waals surface area contributed by atoms with Gasteiger partial charge in [0.1, 0.15) is 5.69 Å². The van der Waals surface area contributed by atoms with Gasteiger partial charge in [-0.05, 0) is 34.5 Å². The highest BCUT2D eigenvalue weighted by Crippen LogP contribution is 2.12. The molecule has 0 bridgehead atoms. The molecule has 1 heterocycles. The Morgan fingerprint density at radius 2 is 2.41 bits per heavy atom. The Balaban J connectivity index is 2.26. The number of carbonyl (C=O) groups is 1. The minimum absolute atomic E-state index is 0.204. The van der Waals surface area contributed by atoms with Gasteiger partial charge in [0, 0.05) is 17.2 Å². The molecule has 0 saturated carbocycles. The first kappa shape index (κ1) is 13.9. The van der Waals surface area contributed by atoms with Crippen molar-refractivity contribution in [3.63, 3.8) is 0 Å². The first-order valence-electron chi connectivity index (χ1n) is 5.33. The maximum absolute atomic E-state index is 11.7. The van der Waals surface area contributed by atoms with Gasteiger partial charge in [-0.3, -0.25) is 4.79 Å². The van der Waals surface area contributed by atoms with Crippen LogP contribution >= 0.6 is 15.9 Å². The van der Waals surface area contributed by atoms with Gasteiger partial charge in [0.05, 0.1) is 13.2 Å². The second-order valence-electron chi connectivity index (χ2n) is 3.28. The van der Waals surface area contributed by atoms with E-state index in [1.54, 1.807) is 24.4 Å². The van der Waals surface area contributed by atoms with Crippen LogP contribution in [0.1, 0.15) is 16.9 Å². The van der Waals surface area contributed by atoms with Crippen LogP contribution in [-0.4, -0.2) is 30.6 Å². The molecule has 17 heavy (non-hydrogen) atoms. The summed E-state index contributed by atoms with van der Waals surface area (Å²) in [7, 11) is 0. The molecule has 0 spiro atoms. The zero-order chi connectivity index (χ0) is 12.5. The van der Waals surface area contributed by atoms with Crippen molar-refractivity contribution in [1.29, 1.82) is 0 Å². The number of ether oxygens (including phenoxy) is 1. The van der Waals surface area contributed by atoms with E-state index in [1.165, 1.54) is 0 Å². The fraction of sp³-hybridized carbons (Fsp3) is 0.333. The van der Waals surface area contributed by atoms with E-state index in [-0.39, 0.29) is 5.91 Å². The average molecular weight is 299 g/mol. The zero-order valence-corrected chi connectivity index (χ0v) is 11.1. The summed E-state index contributed by atoms with van der Waals surface area (Å²) in [6, 6.07) is 3.54. The van der Waals surface area contributed by atoms with Crippen molar-refractivity contribution in [2.24, 2.45) is 0 Å². The van der Waals surface area contributed by atoms with E-state index in [2.05, 4.69) is 32.8 Å². The van der Waals surface area contributed by atoms with Gasteiger partial charge >= 0.3 is 0 Å². The van der Waals surface area contributed by atoms with Crippen LogP contribution in [0.2, 0.25) is 0 Å². The lowest BCUT2D eigenvalue weighted by Gasteiger charge is -2.06. The molecule has 0 radical (unpaired) electrons. The third-order valence-electron chi connectivity index (χ3n) is 1.97. The van der Waals surface area contributed by atoms with Crippen molar-refractivity contribution in [1.82, 2.24) is 10.3 Å². The van der Waals surface area contributed by atoms with E-state index in [4.69, 9.17) is 4.74 Å². The quantitative estimate of drug-likeness (QED) is 0.620. The van der Waals surface area contributed by atoms with Crippen LogP contribution < -0.4 is 5.32 Å². The minimum atomic E-state index is -0.204. The number of halogens is 1. The minimum Gasteiger partial charge on any atom is -0.379 e. The molecule has 0 aliphatic heterocycles. The first-order valence-corrected chi connectivity index (χ1v) is 6.12. The third-order valence-corrected chi connectivity index (χ3v) is 2.61. The number of aromatic nitrogens is 1. The summed E-state index contributed by atoms with van der Waals surface area (Å²) >= 11 is 3.27. The topological polar surface area (TPSA) is 51.2 Å². The van der Waals surface area contributed by atoms with Crippen LogP contribution in [0.4, 0.5) is 0 Å². The Bertz CT molecular complexity index is 383. The standard InChI is InChI=1S/C12H15BrN2O2/c1-2-3-8-17-9-7-15-12(16)11-10(13)5-4-6-14-11/h2,4-6H,1,3,7-9H2,(H,15,16). The van der Waals surface area contributed by atoms with Crippen molar-refractivity contribution in [2.45, 2.75) is 6.42 Å². The van der Waals surface area contributed by atoms with Gasteiger partial charge in [-0.2, -0.15) is 0 Å². The van der Waals surface area contributed by atoms with E-state index in [0.29, 0.717) is 29.9 Å². The number of pyridine rings is 1. The fourth-order valence-electron chi connectivity index (χ4n) is 1.14. The fourth-order valence-corrected chi connectivity index (χ4v) is 1.58. The van der Waals surface area contributed by atoms with Crippen molar-refractivity contribution in [2.75, 3.05) is 19.8 Å². The highest BCUT2D eigenvalue weighted by molar-refractivity contribution is 9.10. The van der Waals surface area contributed by atoms with E-state index in [1.807, 2.05) is 0 Å². The average Bonchev–Trinajstić information content (AvgIpc) is 2.34. The molecule has 5 heteroatoms. The SMILES string of the molecule is C=CCCOCCNC(=O)c1ncccc1Br. The first-order chi connectivity index (χ1) is 8.25. The summed E-state index contributed by atoms with van der Waals surface area (Å²) in [4.78, 5) is 15.7. The van der Waals surface area contributed by atoms with Gasteiger partial charge in [0.2, 0.25) is 0 Å². The van der Waals surface area contributed by atoms with Gasteiger partial charge in [0.25, 0.3) is 5.91 Å². The van der Waals surface area contributed by atoms with E-state index < -0.39 is 0 Å². The van der Waals surface area contributed by atoms with E-state index in [0.717, 1.165) is 6.42 Å². The monoisotopic (exact) mass is 298 g/mol. The van der Waals surface area contributed by atoms with Crippen molar-refractivity contribution in [3.8, 4) is 0 Å². The van der Waals surface area contributed by atoms with E-state index in [9.17, 15) is 4.79 Å². The maximum Gasteiger partial charge on any atom is 0.271 e. The summed E-state index contributed by atoms with van der Waals surface area (Å²) in [5.41, 5.74) is 0.388. The van der Waals surface area contributed by atoms with Crippen LogP contribution in [0, 0.1) is 0 Å². The summed E-state index contributed by atoms with van der Waals surface area (Å²) in [6.07, 6.45) is 4.20. The van der Waals surface area contributed by atoms with Gasteiger partial charge in [-0.1, -0.05) is 6.08 Å². The molecule has 92 valence electrons. The van der Waals surface area contributed by atoms with Crippen LogP contribution in [0.15, 0.2) is 35.5 Å². The van der Waals surface area contributed by atoms with Crippen LogP contribution in [-0.2, 0) is 4.74 Å². The normalized spacial score (nSPS) is 9.94. The zero-order valence-electron chi connectivity index (χ0n) is 9.49. The van der Waals surface area contributed by atoms with Crippen LogP contribution in [0.25, 0.3) is 0 Å². The van der Waals surface area contributed by atoms with Crippen LogP contribution in [0.5, 0.6) is 0 Å². The van der Waals surface area contributed by atoms with Gasteiger partial charge < -0.3 is 10.1 Å². The van der Waals surface area contributed by atoms with E-state index >= 15 is 0 Å². The molecule has 1 aromatic rings. The highest BCUT2D eigenvalue weighted by atomic mass is 79.9. The number of hydrogen-bond acceptors (Lipinski definition) is 3. The van der Waals surface area contributed by atoms with Gasteiger partial charge in [-0.25, -0.2) is 4.98 Å². The van der Waals surface area contributed by atoms with Gasteiger partial charge in [-0.15, -0.1) is 6.58 Å². The molecule has 0 atom stereocenters. The second kappa shape index (κ2) is 7.97. The highest BCUT2D eigenvalue weighted by Gasteiger charge is 2.09. The molecule has 0 saturated heterocycles. The summed E-state index contributed by atoms with van der Waals surface area (Å²) in [5.74, 6) is -0.204. The summed E-state index contributed by atoms with van der Waals surface area (Å²) < 4.78 is 5.96. The number of nitrogens with one attached hydrogen (secondary N) is 1. The second-order valence-corrected chi connectivity index (χ2v) is 4.13. The number of hydrogen-bond donors (Lipinski definition) is 1. The molecule has 0 aliphatic rings. The number of amides is 1. The lowest BCUT2D eigenvalue weighted by molar-refractivity contribution is 0.0912. The summed E-state index contributed by atoms with van der Waals surface area (Å²) in [5, 5.41) is 2.73. The molecule has 4 nitrogen and oxygen atoms in total. The Hall–Kier alpha value is -1.20. The lowest BCUT2D eigenvalue weighted by atomic mass is 10.3. The van der Waals surface area contributed by atoms with Crippen molar-refractivity contribution < 1.29 is 9.53 Å². The Morgan fingerprint density at radius 1 is 1.59 bits per heavy atom. The summed E-state index contributed by atoms with van der Waals surface area (Å²) in [6.45, 7) is 5.19. The Kier molecular flexibility index (Phi) is 6.50. The molecule has 0 fully saturated rings. The lowest BCUT2D eigenvalue weighted by Crippen LogP contribution is -2.28. The molecular weight excluding hydrogens is 284 g/mol. The molecular formula is C12H15BrN2O2. The third kappa shape index (κ3) is 5.10. The largest absolute Gasteiger partial charge is 0.379 e. The number of rotatable bonds is 7. The Morgan fingerprint density at radius 3 is 3.12 bits per heavy atom. The molecule has 1 amide bonds. The predicted octanol–water partition coefficient (Wildman–Crippen LogP) is 2.17. The molecule has 1 aromatic heterocycles. The molecule has 0 aliphatic carbocycles. The smallest absolute Gasteiger partial charge is 0.271 e. The predicted molar refractivity (Wildman–Crippen MR) is 69.9 cm³/mol. The maximum atomic E-state index is 11.7. The molecule has 1 N–H and O–H groups in total. The Labute approximate surface area is 109 Å². The number of nitrogens with zero attached hydrogens (tertiary/aromatic N) is 1. The molecule has 0 unspecified atom stereocenters.